The van der Waals surface area contributed by atoms with Gasteiger partial charge in [0.2, 0.25) is 0 Å². The Kier molecular flexibility index (Phi) is 7.86. The van der Waals surface area contributed by atoms with Gasteiger partial charge >= 0.3 is 0 Å². The summed E-state index contributed by atoms with van der Waals surface area (Å²) in [6.45, 7) is 17.3. The van der Waals surface area contributed by atoms with Gasteiger partial charge in [0.25, 0.3) is 5.56 Å². The average Bonchev–Trinajstić information content (AvgIpc) is 2.94. The fourth-order valence-electron chi connectivity index (χ4n) is 8.03. The monoisotopic (exact) mass is 586 g/mol. The van der Waals surface area contributed by atoms with E-state index in [0.717, 1.165) is 48.6 Å². The van der Waals surface area contributed by atoms with Gasteiger partial charge in [-0.05, 0) is 106 Å². The van der Waals surface area contributed by atoms with Crippen molar-refractivity contribution < 1.29 is 4.39 Å². The maximum Gasteiger partial charge on any atom is 0.261 e. The minimum Gasteiger partial charge on any atom is -0.340 e. The van der Waals surface area contributed by atoms with E-state index in [-0.39, 0.29) is 17.4 Å². The predicted octanol–water partition coefficient (Wildman–Crippen LogP) is 6.17. The van der Waals surface area contributed by atoms with Crippen molar-refractivity contribution in [3.05, 3.63) is 70.0 Å². The Labute approximate surface area is 255 Å². The van der Waals surface area contributed by atoms with E-state index in [1.54, 1.807) is 17.0 Å². The highest BCUT2D eigenvalue weighted by molar-refractivity contribution is 5.96. The van der Waals surface area contributed by atoms with Crippen molar-refractivity contribution in [1.82, 2.24) is 19.8 Å². The van der Waals surface area contributed by atoms with Crippen LogP contribution in [-0.4, -0.2) is 51.6 Å². The van der Waals surface area contributed by atoms with Crippen LogP contribution in [0.2, 0.25) is 0 Å². The van der Waals surface area contributed by atoms with Crippen LogP contribution in [0.1, 0.15) is 71.6 Å². The number of nitrogens with zero attached hydrogens (tertiary/aromatic N) is 4. The van der Waals surface area contributed by atoms with Gasteiger partial charge in [-0.3, -0.25) is 9.36 Å². The van der Waals surface area contributed by atoms with Gasteiger partial charge in [-0.1, -0.05) is 32.9 Å². The lowest BCUT2D eigenvalue weighted by atomic mass is 9.45. The Balaban J connectivity index is 1.26. The third kappa shape index (κ3) is 5.70. The zero-order valence-electron chi connectivity index (χ0n) is 26.7. The molecule has 2 heterocycles. The minimum atomic E-state index is -0.238. The first-order valence-electron chi connectivity index (χ1n) is 16.0. The molecule has 1 saturated heterocycles. The third-order valence-electron chi connectivity index (χ3n) is 10.7. The first kappa shape index (κ1) is 29.8. The normalized spacial score (nSPS) is 29.3. The Morgan fingerprint density at radius 3 is 2.56 bits per heavy atom. The zero-order chi connectivity index (χ0) is 30.6. The van der Waals surface area contributed by atoms with Crippen LogP contribution in [0.5, 0.6) is 0 Å². The molecule has 2 bridgehead atoms. The van der Waals surface area contributed by atoms with E-state index in [2.05, 4.69) is 55.1 Å². The van der Waals surface area contributed by atoms with E-state index in [0.29, 0.717) is 52.3 Å². The third-order valence-corrected chi connectivity index (χ3v) is 10.7. The molecule has 3 aromatic rings. The van der Waals surface area contributed by atoms with E-state index >= 15 is 0 Å². The highest BCUT2D eigenvalue weighted by Crippen LogP contribution is 2.61. The molecule has 43 heavy (non-hydrogen) atoms. The van der Waals surface area contributed by atoms with Crippen molar-refractivity contribution in [1.29, 1.82) is 0 Å². The number of aromatic nitrogens is 2. The molecule has 7 nitrogen and oxygen atoms in total. The first-order chi connectivity index (χ1) is 20.4. The standard InChI is InChI=1S/C35H47FN6O/c1-20-8-9-25(30(36)12-20)13-23(4)42-19-37-32-16-27(10-11-28(32)33(42)43)39-34(41-17-21(2)38-22(3)18-41)40-31-15-26-14-29(24(31)5)35(26,6)7/h8-12,16,19,21-24,26,29,31,38H,13-15,17-18H2,1-7H3,(H,39,40)/t21-,22-,23+,24-,26+,29-,31-/m0/s1. The summed E-state index contributed by atoms with van der Waals surface area (Å²) in [7, 11) is 0. The van der Waals surface area contributed by atoms with E-state index < -0.39 is 0 Å². The van der Waals surface area contributed by atoms with Crippen molar-refractivity contribution in [3.63, 3.8) is 0 Å². The Bertz CT molecular complexity index is 1590. The number of benzene rings is 2. The van der Waals surface area contributed by atoms with E-state index in [1.807, 2.05) is 38.1 Å². The number of hydrogen-bond donors (Lipinski definition) is 2. The fourth-order valence-corrected chi connectivity index (χ4v) is 8.03. The summed E-state index contributed by atoms with van der Waals surface area (Å²) in [6.07, 6.45) is 4.48. The zero-order valence-corrected chi connectivity index (χ0v) is 26.7. The number of aliphatic imine (C=N–C) groups is 1. The molecule has 0 amide bonds. The molecule has 4 fully saturated rings. The van der Waals surface area contributed by atoms with E-state index in [9.17, 15) is 9.18 Å². The lowest BCUT2D eigenvalue weighted by molar-refractivity contribution is -0.108. The van der Waals surface area contributed by atoms with Crippen LogP contribution in [0, 0.1) is 35.9 Å². The second-order valence-electron chi connectivity index (χ2n) is 14.3. The molecular formula is C35H47FN6O. The van der Waals surface area contributed by atoms with Gasteiger partial charge in [0.1, 0.15) is 5.82 Å². The number of piperazine rings is 1. The van der Waals surface area contributed by atoms with Gasteiger partial charge in [0.05, 0.1) is 23.3 Å². The number of aryl methyl sites for hydroxylation is 1. The summed E-state index contributed by atoms with van der Waals surface area (Å²) in [6, 6.07) is 11.8. The number of nitrogens with one attached hydrogen (secondary N) is 2. The maximum atomic E-state index is 14.5. The summed E-state index contributed by atoms with van der Waals surface area (Å²) in [4.78, 5) is 26.0. The largest absolute Gasteiger partial charge is 0.340 e. The van der Waals surface area contributed by atoms with Gasteiger partial charge in [0, 0.05) is 36.9 Å². The second-order valence-corrected chi connectivity index (χ2v) is 14.3. The summed E-state index contributed by atoms with van der Waals surface area (Å²) in [5.41, 5.74) is 3.29. The summed E-state index contributed by atoms with van der Waals surface area (Å²) < 4.78 is 16.1. The van der Waals surface area contributed by atoms with Gasteiger partial charge < -0.3 is 15.5 Å². The molecular weight excluding hydrogens is 539 g/mol. The van der Waals surface area contributed by atoms with E-state index in [1.165, 1.54) is 12.5 Å². The summed E-state index contributed by atoms with van der Waals surface area (Å²) >= 11 is 0. The van der Waals surface area contributed by atoms with Crippen LogP contribution in [0.4, 0.5) is 10.1 Å². The smallest absolute Gasteiger partial charge is 0.261 e. The minimum absolute atomic E-state index is 0.118. The van der Waals surface area contributed by atoms with Crippen molar-refractivity contribution >= 4 is 22.5 Å². The number of hydrogen-bond acceptors (Lipinski definition) is 4. The molecule has 7 rings (SSSR count). The average molecular weight is 587 g/mol. The summed E-state index contributed by atoms with van der Waals surface area (Å²) in [5.74, 6) is 2.68. The van der Waals surface area contributed by atoms with Crippen molar-refractivity contribution in [2.45, 2.75) is 91.9 Å². The molecule has 0 radical (unpaired) electrons. The number of anilines is 1. The fraction of sp³-hybridized carbons (Fsp3) is 0.571. The molecule has 0 spiro atoms. The highest BCUT2D eigenvalue weighted by atomic mass is 19.1. The van der Waals surface area contributed by atoms with Crippen molar-refractivity contribution in [2.75, 3.05) is 18.4 Å². The van der Waals surface area contributed by atoms with Gasteiger partial charge in [-0.2, -0.15) is 0 Å². The molecule has 3 saturated carbocycles. The molecule has 2 N–H and O–H groups in total. The molecule has 8 heteroatoms. The Hall–Kier alpha value is -3.26. The molecule has 4 aliphatic rings. The van der Waals surface area contributed by atoms with Crippen LogP contribution in [0.25, 0.3) is 10.9 Å². The SMILES string of the molecule is Cc1ccc(C[C@@H](C)n2cnc3cc(NC(=N[C@H]4C[C@H]5C[C@@H]([C@@H]4C)C5(C)C)N4C[C@H](C)N[C@@H](C)C4)ccc3c2=O)c(F)c1. The van der Waals surface area contributed by atoms with Gasteiger partial charge in [-0.25, -0.2) is 14.4 Å². The molecule has 1 aliphatic heterocycles. The van der Waals surface area contributed by atoms with E-state index in [4.69, 9.17) is 4.99 Å². The molecule has 1 aromatic heterocycles. The molecule has 2 aromatic carbocycles. The quantitative estimate of drug-likeness (QED) is 0.276. The lowest BCUT2D eigenvalue weighted by Gasteiger charge is -2.61. The molecule has 0 unspecified atom stereocenters. The number of guanidine groups is 1. The van der Waals surface area contributed by atoms with Gasteiger partial charge in [-0.15, -0.1) is 0 Å². The lowest BCUT2D eigenvalue weighted by Crippen LogP contribution is -2.59. The second kappa shape index (κ2) is 11.3. The number of rotatable bonds is 5. The van der Waals surface area contributed by atoms with Crippen LogP contribution in [0.3, 0.4) is 0 Å². The maximum absolute atomic E-state index is 14.5. The summed E-state index contributed by atoms with van der Waals surface area (Å²) in [5, 5.41) is 7.85. The van der Waals surface area contributed by atoms with Gasteiger partial charge in [0.15, 0.2) is 5.96 Å². The number of halogens is 1. The molecule has 3 aliphatic carbocycles. The van der Waals surface area contributed by atoms with Crippen LogP contribution in [-0.2, 0) is 6.42 Å². The van der Waals surface area contributed by atoms with Crippen LogP contribution in [0.15, 0.2) is 52.5 Å². The van der Waals surface area contributed by atoms with Crippen molar-refractivity contribution in [2.24, 2.45) is 28.2 Å². The molecule has 230 valence electrons. The van der Waals surface area contributed by atoms with Crippen LogP contribution >= 0.6 is 0 Å². The van der Waals surface area contributed by atoms with Crippen molar-refractivity contribution in [3.8, 4) is 0 Å². The first-order valence-corrected chi connectivity index (χ1v) is 16.0. The predicted molar refractivity (Wildman–Crippen MR) is 173 cm³/mol. The molecule has 7 atom stereocenters. The highest BCUT2D eigenvalue weighted by Gasteiger charge is 2.56. The Morgan fingerprint density at radius 2 is 1.88 bits per heavy atom. The van der Waals surface area contributed by atoms with Crippen LogP contribution < -0.4 is 16.2 Å². The topological polar surface area (TPSA) is 74.6 Å². The Morgan fingerprint density at radius 1 is 1.14 bits per heavy atom. The number of fused-ring (bicyclic) bond motifs is 3.